The molecule has 3 nitrogen and oxygen atoms in total. The van der Waals surface area contributed by atoms with Crippen molar-refractivity contribution in [1.82, 2.24) is 9.88 Å². The van der Waals surface area contributed by atoms with Gasteiger partial charge in [-0.2, -0.15) is 0 Å². The topological polar surface area (TPSA) is 42.2 Å². The highest BCUT2D eigenvalue weighted by molar-refractivity contribution is 7.09. The van der Waals surface area contributed by atoms with E-state index in [2.05, 4.69) is 52.5 Å². The molecular formula is C16H21N3S. The Bertz CT molecular complexity index is 552. The van der Waals surface area contributed by atoms with Crippen molar-refractivity contribution in [3.05, 3.63) is 52.0 Å². The van der Waals surface area contributed by atoms with Crippen LogP contribution < -0.4 is 5.73 Å². The Kier molecular flexibility index (Phi) is 4.15. The number of thiazole rings is 1. The molecular weight excluding hydrogens is 266 g/mol. The largest absolute Gasteiger partial charge is 0.330 e. The fraction of sp³-hybridized carbons (Fsp3) is 0.438. The molecule has 1 saturated heterocycles. The zero-order valence-corrected chi connectivity index (χ0v) is 12.6. The van der Waals surface area contributed by atoms with Crippen LogP contribution in [0.4, 0.5) is 0 Å². The molecule has 0 unspecified atom stereocenters. The van der Waals surface area contributed by atoms with Crippen LogP contribution in [0.3, 0.4) is 0 Å². The number of nitrogens with zero attached hydrogens (tertiary/aromatic N) is 2. The van der Waals surface area contributed by atoms with Gasteiger partial charge in [0.2, 0.25) is 0 Å². The van der Waals surface area contributed by atoms with Gasteiger partial charge in [-0.05, 0) is 24.9 Å². The second kappa shape index (κ2) is 6.04. The lowest BCUT2D eigenvalue weighted by Crippen LogP contribution is -2.23. The average Bonchev–Trinajstić information content (AvgIpc) is 3.06. The summed E-state index contributed by atoms with van der Waals surface area (Å²) in [5, 5.41) is 3.32. The highest BCUT2D eigenvalue weighted by Crippen LogP contribution is 2.32. The molecule has 1 aliphatic heterocycles. The van der Waals surface area contributed by atoms with Crippen LogP contribution in [0.2, 0.25) is 0 Å². The van der Waals surface area contributed by atoms with Crippen molar-refractivity contribution in [3.63, 3.8) is 0 Å². The van der Waals surface area contributed by atoms with Gasteiger partial charge in [-0.25, -0.2) is 4.98 Å². The van der Waals surface area contributed by atoms with Crippen molar-refractivity contribution in [3.8, 4) is 0 Å². The maximum absolute atomic E-state index is 5.98. The van der Waals surface area contributed by atoms with Gasteiger partial charge in [-0.1, -0.05) is 30.3 Å². The van der Waals surface area contributed by atoms with Crippen molar-refractivity contribution >= 4 is 11.3 Å². The molecule has 0 radical (unpaired) electrons. The number of nitrogens with two attached hydrogens (primary N) is 1. The number of rotatable bonds is 4. The molecule has 2 heterocycles. The molecule has 1 aromatic heterocycles. The molecule has 106 valence electrons. The van der Waals surface area contributed by atoms with E-state index in [-0.39, 0.29) is 0 Å². The van der Waals surface area contributed by atoms with Crippen LogP contribution in [0.5, 0.6) is 0 Å². The third kappa shape index (κ3) is 2.92. The minimum absolute atomic E-state index is 0.553. The Morgan fingerprint density at radius 1 is 1.30 bits per heavy atom. The van der Waals surface area contributed by atoms with Crippen LogP contribution in [0, 0.1) is 12.8 Å². The standard InChI is InChI=1S/C16H21N3S/c1-12-18-15(11-20-12)9-19-8-14(7-17)16(10-19)13-5-3-2-4-6-13/h2-6,11,14,16H,7-10,17H2,1H3/t14-,16+/m1/s1. The summed E-state index contributed by atoms with van der Waals surface area (Å²) in [6.07, 6.45) is 0. The first-order chi connectivity index (χ1) is 9.76. The third-order valence-electron chi connectivity index (χ3n) is 4.10. The fourth-order valence-corrected chi connectivity index (χ4v) is 3.72. The monoisotopic (exact) mass is 287 g/mol. The number of hydrogen-bond acceptors (Lipinski definition) is 4. The van der Waals surface area contributed by atoms with Crippen molar-refractivity contribution in [2.45, 2.75) is 19.4 Å². The van der Waals surface area contributed by atoms with Gasteiger partial charge in [0.15, 0.2) is 0 Å². The van der Waals surface area contributed by atoms with E-state index in [1.54, 1.807) is 11.3 Å². The van der Waals surface area contributed by atoms with E-state index in [4.69, 9.17) is 5.73 Å². The van der Waals surface area contributed by atoms with Crippen LogP contribution in [-0.2, 0) is 6.54 Å². The predicted octanol–water partition coefficient (Wildman–Crippen LogP) is 2.63. The van der Waals surface area contributed by atoms with Gasteiger partial charge in [0.1, 0.15) is 0 Å². The van der Waals surface area contributed by atoms with E-state index in [1.807, 2.05) is 0 Å². The summed E-state index contributed by atoms with van der Waals surface area (Å²) in [6.45, 7) is 5.93. The van der Waals surface area contributed by atoms with Crippen molar-refractivity contribution in [2.24, 2.45) is 11.7 Å². The van der Waals surface area contributed by atoms with Gasteiger partial charge in [0.25, 0.3) is 0 Å². The predicted molar refractivity (Wildman–Crippen MR) is 83.9 cm³/mol. The molecule has 0 spiro atoms. The zero-order valence-electron chi connectivity index (χ0n) is 11.8. The molecule has 1 aromatic carbocycles. The maximum atomic E-state index is 5.98. The molecule has 1 aliphatic rings. The van der Waals surface area contributed by atoms with Crippen molar-refractivity contribution in [1.29, 1.82) is 0 Å². The van der Waals surface area contributed by atoms with Gasteiger partial charge < -0.3 is 5.73 Å². The second-order valence-electron chi connectivity index (χ2n) is 5.56. The van der Waals surface area contributed by atoms with E-state index >= 15 is 0 Å². The van der Waals surface area contributed by atoms with Crippen LogP contribution in [0.1, 0.15) is 22.2 Å². The molecule has 2 aromatic rings. The summed E-state index contributed by atoms with van der Waals surface area (Å²) >= 11 is 1.73. The first kappa shape index (κ1) is 13.7. The Hall–Kier alpha value is -1.23. The van der Waals surface area contributed by atoms with E-state index in [9.17, 15) is 0 Å². The number of likely N-dealkylation sites (tertiary alicyclic amines) is 1. The summed E-state index contributed by atoms with van der Waals surface area (Å²) in [5.41, 5.74) is 8.59. The van der Waals surface area contributed by atoms with Crippen molar-refractivity contribution in [2.75, 3.05) is 19.6 Å². The number of hydrogen-bond donors (Lipinski definition) is 1. The molecule has 20 heavy (non-hydrogen) atoms. The van der Waals surface area contributed by atoms with Crippen LogP contribution >= 0.6 is 11.3 Å². The smallest absolute Gasteiger partial charge is 0.0897 e. The van der Waals surface area contributed by atoms with Gasteiger partial charge in [0, 0.05) is 30.9 Å². The lowest BCUT2D eigenvalue weighted by atomic mass is 9.89. The summed E-state index contributed by atoms with van der Waals surface area (Å²) in [4.78, 5) is 7.06. The van der Waals surface area contributed by atoms with E-state index < -0.39 is 0 Å². The third-order valence-corrected chi connectivity index (χ3v) is 4.92. The van der Waals surface area contributed by atoms with Gasteiger partial charge in [-0.3, -0.25) is 4.90 Å². The van der Waals surface area contributed by atoms with Crippen LogP contribution in [0.15, 0.2) is 35.7 Å². The quantitative estimate of drug-likeness (QED) is 0.940. The Balaban J connectivity index is 1.71. The Labute approximate surface area is 124 Å². The summed E-state index contributed by atoms with van der Waals surface area (Å²) in [6, 6.07) is 10.8. The molecule has 0 saturated carbocycles. The first-order valence-electron chi connectivity index (χ1n) is 7.14. The van der Waals surface area contributed by atoms with Crippen LogP contribution in [0.25, 0.3) is 0 Å². The van der Waals surface area contributed by atoms with Crippen molar-refractivity contribution < 1.29 is 0 Å². The highest BCUT2D eigenvalue weighted by atomic mass is 32.1. The van der Waals surface area contributed by atoms with E-state index in [1.165, 1.54) is 11.3 Å². The molecule has 2 atom stereocenters. The number of aromatic nitrogens is 1. The van der Waals surface area contributed by atoms with E-state index in [0.29, 0.717) is 11.8 Å². The molecule has 0 amide bonds. The maximum Gasteiger partial charge on any atom is 0.0897 e. The molecule has 2 N–H and O–H groups in total. The second-order valence-corrected chi connectivity index (χ2v) is 6.63. The summed E-state index contributed by atoms with van der Waals surface area (Å²) < 4.78 is 0. The molecule has 3 rings (SSSR count). The summed E-state index contributed by atoms with van der Waals surface area (Å²) in [5.74, 6) is 1.11. The normalized spacial score (nSPS) is 23.3. The first-order valence-corrected chi connectivity index (χ1v) is 8.02. The minimum atomic E-state index is 0.553. The highest BCUT2D eigenvalue weighted by Gasteiger charge is 2.32. The summed E-state index contributed by atoms with van der Waals surface area (Å²) in [7, 11) is 0. The Morgan fingerprint density at radius 3 is 2.75 bits per heavy atom. The molecule has 4 heteroatoms. The Morgan fingerprint density at radius 2 is 2.10 bits per heavy atom. The molecule has 1 fully saturated rings. The number of benzene rings is 1. The zero-order chi connectivity index (χ0) is 13.9. The van der Waals surface area contributed by atoms with E-state index in [0.717, 1.165) is 31.2 Å². The lowest BCUT2D eigenvalue weighted by molar-refractivity contribution is 0.313. The average molecular weight is 287 g/mol. The number of aryl methyl sites for hydroxylation is 1. The molecule has 0 aliphatic carbocycles. The fourth-order valence-electron chi connectivity index (χ4n) is 3.12. The SMILES string of the molecule is Cc1nc(CN2C[C@@H](CN)[C@H](c3ccccc3)C2)cs1. The minimum Gasteiger partial charge on any atom is -0.330 e. The van der Waals surface area contributed by atoms with Gasteiger partial charge in [0.05, 0.1) is 10.7 Å². The lowest BCUT2D eigenvalue weighted by Gasteiger charge is -2.16. The van der Waals surface area contributed by atoms with Gasteiger partial charge in [-0.15, -0.1) is 11.3 Å². The molecule has 0 bridgehead atoms. The van der Waals surface area contributed by atoms with Crippen LogP contribution in [-0.4, -0.2) is 29.5 Å². The van der Waals surface area contributed by atoms with Gasteiger partial charge >= 0.3 is 0 Å².